The summed E-state index contributed by atoms with van der Waals surface area (Å²) in [6.07, 6.45) is 1.56. The molecule has 6 heteroatoms. The number of amides is 2. The van der Waals surface area contributed by atoms with E-state index in [1.807, 2.05) is 50.2 Å². The molecule has 6 nitrogen and oxygen atoms in total. The van der Waals surface area contributed by atoms with E-state index in [2.05, 4.69) is 36.5 Å². The summed E-state index contributed by atoms with van der Waals surface area (Å²) in [6.45, 7) is 10.2. The first kappa shape index (κ1) is 20.6. The van der Waals surface area contributed by atoms with Gasteiger partial charge in [-0.05, 0) is 41.2 Å². The van der Waals surface area contributed by atoms with E-state index < -0.39 is 6.04 Å². The van der Waals surface area contributed by atoms with Gasteiger partial charge in [0.2, 0.25) is 0 Å². The van der Waals surface area contributed by atoms with E-state index in [9.17, 15) is 9.59 Å². The van der Waals surface area contributed by atoms with Crippen molar-refractivity contribution in [1.82, 2.24) is 15.0 Å². The second kappa shape index (κ2) is 8.07. The standard InChI is InChI=1S/C23H28N4O2/c1-15(2)20(22(29)26-27-14-24-18-8-6-7-9-19(18)27)25-21(28)16-10-12-17(13-11-16)23(3,4)5/h6-15,20H,1-5H3,(H,25,28)(H,26,29). The van der Waals surface area contributed by atoms with Crippen LogP contribution in [0, 0.1) is 5.92 Å². The van der Waals surface area contributed by atoms with Crippen LogP contribution in [0.4, 0.5) is 0 Å². The third-order valence-electron chi connectivity index (χ3n) is 4.93. The molecule has 0 fully saturated rings. The number of hydrogen-bond donors (Lipinski definition) is 2. The zero-order valence-corrected chi connectivity index (χ0v) is 17.6. The second-order valence-electron chi connectivity index (χ2n) is 8.60. The molecule has 3 rings (SSSR count). The lowest BCUT2D eigenvalue weighted by Gasteiger charge is -2.23. The van der Waals surface area contributed by atoms with E-state index >= 15 is 0 Å². The largest absolute Gasteiger partial charge is 0.340 e. The van der Waals surface area contributed by atoms with Crippen LogP contribution in [-0.4, -0.2) is 27.5 Å². The van der Waals surface area contributed by atoms with E-state index in [4.69, 9.17) is 0 Å². The summed E-state index contributed by atoms with van der Waals surface area (Å²) >= 11 is 0. The zero-order chi connectivity index (χ0) is 21.2. The van der Waals surface area contributed by atoms with Crippen LogP contribution >= 0.6 is 0 Å². The highest BCUT2D eigenvalue weighted by Crippen LogP contribution is 2.22. The predicted molar refractivity (Wildman–Crippen MR) is 115 cm³/mol. The fourth-order valence-corrected chi connectivity index (χ4v) is 3.12. The highest BCUT2D eigenvalue weighted by Gasteiger charge is 2.25. The minimum atomic E-state index is -0.675. The molecule has 3 aromatic rings. The predicted octanol–water partition coefficient (Wildman–Crippen LogP) is 3.86. The van der Waals surface area contributed by atoms with Gasteiger partial charge in [-0.1, -0.05) is 58.9 Å². The third kappa shape index (κ3) is 4.65. The minimum Gasteiger partial charge on any atom is -0.340 e. The minimum absolute atomic E-state index is 0.0168. The summed E-state index contributed by atoms with van der Waals surface area (Å²) in [6, 6.07) is 14.4. The third-order valence-corrected chi connectivity index (χ3v) is 4.93. The van der Waals surface area contributed by atoms with Gasteiger partial charge in [-0.3, -0.25) is 15.0 Å². The summed E-state index contributed by atoms with van der Waals surface area (Å²) in [5.74, 6) is -0.639. The van der Waals surface area contributed by atoms with E-state index in [1.54, 1.807) is 23.1 Å². The molecule has 2 N–H and O–H groups in total. The van der Waals surface area contributed by atoms with Crippen LogP contribution in [0.1, 0.15) is 50.5 Å². The first-order valence-corrected chi connectivity index (χ1v) is 9.81. The quantitative estimate of drug-likeness (QED) is 0.692. The average Bonchev–Trinajstić information content (AvgIpc) is 3.08. The van der Waals surface area contributed by atoms with Crippen molar-refractivity contribution in [3.63, 3.8) is 0 Å². The molecule has 0 bridgehead atoms. The lowest BCUT2D eigenvalue weighted by Crippen LogP contribution is -2.48. The number of carbonyl (C=O) groups excluding carboxylic acids is 2. The molecule has 1 heterocycles. The van der Waals surface area contributed by atoms with Crippen molar-refractivity contribution < 1.29 is 9.59 Å². The topological polar surface area (TPSA) is 76.0 Å². The monoisotopic (exact) mass is 392 g/mol. The van der Waals surface area contributed by atoms with Crippen molar-refractivity contribution in [2.24, 2.45) is 5.92 Å². The van der Waals surface area contributed by atoms with E-state index in [-0.39, 0.29) is 23.1 Å². The number of rotatable bonds is 5. The summed E-state index contributed by atoms with van der Waals surface area (Å²) in [7, 11) is 0. The number of para-hydroxylation sites is 2. The number of fused-ring (bicyclic) bond motifs is 1. The molecule has 2 amide bonds. The van der Waals surface area contributed by atoms with Crippen LogP contribution in [0.2, 0.25) is 0 Å². The second-order valence-corrected chi connectivity index (χ2v) is 8.60. The maximum Gasteiger partial charge on any atom is 0.261 e. The van der Waals surface area contributed by atoms with Gasteiger partial charge in [0.05, 0.1) is 11.0 Å². The van der Waals surface area contributed by atoms with Crippen molar-refractivity contribution in [3.8, 4) is 0 Å². The molecule has 0 aliphatic heterocycles. The summed E-state index contributed by atoms with van der Waals surface area (Å²) < 4.78 is 1.58. The van der Waals surface area contributed by atoms with Gasteiger partial charge in [-0.2, -0.15) is 0 Å². The van der Waals surface area contributed by atoms with Crippen molar-refractivity contribution in [2.75, 3.05) is 5.43 Å². The molecule has 0 saturated heterocycles. The Labute approximate surface area is 171 Å². The Balaban J connectivity index is 1.74. The molecule has 152 valence electrons. The van der Waals surface area contributed by atoms with Gasteiger partial charge in [0.25, 0.3) is 11.8 Å². The fraction of sp³-hybridized carbons (Fsp3) is 0.348. The van der Waals surface area contributed by atoms with Gasteiger partial charge in [0, 0.05) is 5.56 Å². The highest BCUT2D eigenvalue weighted by molar-refractivity contribution is 5.99. The lowest BCUT2D eigenvalue weighted by atomic mass is 9.86. The van der Waals surface area contributed by atoms with Gasteiger partial charge in [-0.25, -0.2) is 9.66 Å². The van der Waals surface area contributed by atoms with E-state index in [0.717, 1.165) is 16.6 Å². The molecule has 0 spiro atoms. The first-order chi connectivity index (χ1) is 13.7. The van der Waals surface area contributed by atoms with Crippen LogP contribution in [-0.2, 0) is 10.2 Å². The molecule has 2 aromatic carbocycles. The maximum atomic E-state index is 12.9. The number of benzene rings is 2. The van der Waals surface area contributed by atoms with Gasteiger partial charge in [0.1, 0.15) is 12.4 Å². The Bertz CT molecular complexity index is 1010. The smallest absolute Gasteiger partial charge is 0.261 e. The van der Waals surface area contributed by atoms with E-state index in [0.29, 0.717) is 5.56 Å². The van der Waals surface area contributed by atoms with Crippen LogP contribution in [0.5, 0.6) is 0 Å². The number of imidazole rings is 1. The van der Waals surface area contributed by atoms with Crippen molar-refractivity contribution >= 4 is 22.8 Å². The van der Waals surface area contributed by atoms with Crippen molar-refractivity contribution in [3.05, 3.63) is 66.0 Å². The molecule has 0 radical (unpaired) electrons. The van der Waals surface area contributed by atoms with Crippen LogP contribution in [0.3, 0.4) is 0 Å². The average molecular weight is 393 g/mol. The normalized spacial score (nSPS) is 12.8. The Hall–Kier alpha value is -3.15. The molecule has 29 heavy (non-hydrogen) atoms. The van der Waals surface area contributed by atoms with Crippen LogP contribution < -0.4 is 10.7 Å². The van der Waals surface area contributed by atoms with Gasteiger partial charge in [0.15, 0.2) is 0 Å². The summed E-state index contributed by atoms with van der Waals surface area (Å²) in [4.78, 5) is 29.9. The van der Waals surface area contributed by atoms with Gasteiger partial charge in [-0.15, -0.1) is 0 Å². The first-order valence-electron chi connectivity index (χ1n) is 9.81. The molecule has 0 saturated carbocycles. The van der Waals surface area contributed by atoms with Crippen LogP contribution in [0.15, 0.2) is 54.9 Å². The Morgan fingerprint density at radius 2 is 1.66 bits per heavy atom. The van der Waals surface area contributed by atoms with Crippen molar-refractivity contribution in [1.29, 1.82) is 0 Å². The van der Waals surface area contributed by atoms with Gasteiger partial charge < -0.3 is 5.32 Å². The SMILES string of the molecule is CC(C)C(NC(=O)c1ccc(C(C)(C)C)cc1)C(=O)Nn1cnc2ccccc21. The summed E-state index contributed by atoms with van der Waals surface area (Å²) in [5, 5.41) is 2.87. The van der Waals surface area contributed by atoms with Crippen molar-refractivity contribution in [2.45, 2.75) is 46.1 Å². The number of hydrogen-bond acceptors (Lipinski definition) is 3. The molecule has 1 aromatic heterocycles. The zero-order valence-electron chi connectivity index (χ0n) is 17.6. The fourth-order valence-electron chi connectivity index (χ4n) is 3.12. The van der Waals surface area contributed by atoms with E-state index in [1.165, 1.54) is 0 Å². The Morgan fingerprint density at radius 3 is 2.28 bits per heavy atom. The molecule has 1 atom stereocenters. The summed E-state index contributed by atoms with van der Waals surface area (Å²) in [5.41, 5.74) is 6.12. The highest BCUT2D eigenvalue weighted by atomic mass is 16.2. The number of nitrogens with one attached hydrogen (secondary N) is 2. The molecular formula is C23H28N4O2. The molecule has 1 unspecified atom stereocenters. The molecular weight excluding hydrogens is 364 g/mol. The number of aromatic nitrogens is 2. The maximum absolute atomic E-state index is 12.9. The lowest BCUT2D eigenvalue weighted by molar-refractivity contribution is -0.119. The molecule has 0 aliphatic carbocycles. The molecule has 0 aliphatic rings. The Morgan fingerprint density at radius 1 is 1.00 bits per heavy atom. The van der Waals surface area contributed by atoms with Gasteiger partial charge >= 0.3 is 0 Å². The number of carbonyl (C=O) groups is 2. The number of nitrogens with zero attached hydrogens (tertiary/aromatic N) is 2. The Kier molecular flexibility index (Phi) is 5.73. The van der Waals surface area contributed by atoms with Crippen LogP contribution in [0.25, 0.3) is 11.0 Å².